The average Bonchev–Trinajstić information content (AvgIpc) is 2.00. The monoisotopic (exact) mass is 186 g/mol. The highest BCUT2D eigenvalue weighted by atomic mass is 16.1. The number of rotatable bonds is 5. The average molecular weight is 186 g/mol. The van der Waals surface area contributed by atoms with E-state index in [0.717, 1.165) is 19.4 Å². The highest BCUT2D eigenvalue weighted by Gasteiger charge is 2.11. The van der Waals surface area contributed by atoms with Gasteiger partial charge in [-0.3, -0.25) is 4.79 Å². The van der Waals surface area contributed by atoms with Crippen molar-refractivity contribution in [1.29, 1.82) is 0 Å². The molecule has 0 aromatic rings. The molecule has 0 radical (unpaired) electrons. The summed E-state index contributed by atoms with van der Waals surface area (Å²) in [5.41, 5.74) is 5.50. The fraction of sp³-hybridized carbons (Fsp3) is 0.900. The third-order valence-electron chi connectivity index (χ3n) is 1.67. The van der Waals surface area contributed by atoms with Crippen LogP contribution in [-0.4, -0.2) is 19.0 Å². The van der Waals surface area contributed by atoms with Crippen LogP contribution in [0.1, 0.15) is 40.0 Å². The normalized spacial score (nSPS) is 11.4. The molecule has 0 unspecified atom stereocenters. The SMILES string of the molecule is CC(C)(C)CNC(=O)CCCCN. The number of hydrogen-bond acceptors (Lipinski definition) is 2. The van der Waals surface area contributed by atoms with Crippen LogP contribution < -0.4 is 11.1 Å². The number of hydrogen-bond donors (Lipinski definition) is 2. The Labute approximate surface area is 81.1 Å². The predicted molar refractivity (Wildman–Crippen MR) is 55.4 cm³/mol. The van der Waals surface area contributed by atoms with E-state index in [0.29, 0.717) is 13.0 Å². The first-order chi connectivity index (χ1) is 5.95. The van der Waals surface area contributed by atoms with Crippen LogP contribution in [0.15, 0.2) is 0 Å². The van der Waals surface area contributed by atoms with Gasteiger partial charge in [0.15, 0.2) is 0 Å². The van der Waals surface area contributed by atoms with Crippen LogP contribution in [0.25, 0.3) is 0 Å². The first-order valence-electron chi connectivity index (χ1n) is 4.92. The van der Waals surface area contributed by atoms with Crippen LogP contribution >= 0.6 is 0 Å². The lowest BCUT2D eigenvalue weighted by molar-refractivity contribution is -0.121. The molecule has 0 fully saturated rings. The van der Waals surface area contributed by atoms with Crippen LogP contribution in [0.3, 0.4) is 0 Å². The molecular weight excluding hydrogens is 164 g/mol. The minimum absolute atomic E-state index is 0.142. The number of amides is 1. The molecule has 0 heterocycles. The first-order valence-corrected chi connectivity index (χ1v) is 4.92. The molecular formula is C10H22N2O. The minimum Gasteiger partial charge on any atom is -0.356 e. The minimum atomic E-state index is 0.142. The molecule has 0 saturated heterocycles. The summed E-state index contributed by atoms with van der Waals surface area (Å²) in [5, 5.41) is 2.90. The number of carbonyl (C=O) groups excluding carboxylic acids is 1. The van der Waals surface area contributed by atoms with Crippen molar-refractivity contribution in [3.63, 3.8) is 0 Å². The van der Waals surface area contributed by atoms with Gasteiger partial charge in [-0.1, -0.05) is 20.8 Å². The molecule has 0 aliphatic carbocycles. The van der Waals surface area contributed by atoms with Gasteiger partial charge in [0.2, 0.25) is 5.91 Å². The maximum Gasteiger partial charge on any atom is 0.220 e. The zero-order valence-corrected chi connectivity index (χ0v) is 9.02. The molecule has 0 aliphatic heterocycles. The maximum absolute atomic E-state index is 11.2. The summed E-state index contributed by atoms with van der Waals surface area (Å²) in [4.78, 5) is 11.2. The molecule has 0 aliphatic rings. The lowest BCUT2D eigenvalue weighted by atomic mass is 9.97. The second-order valence-electron chi connectivity index (χ2n) is 4.58. The van der Waals surface area contributed by atoms with E-state index in [9.17, 15) is 4.79 Å². The fourth-order valence-electron chi connectivity index (χ4n) is 0.882. The summed E-state index contributed by atoms with van der Waals surface area (Å²) in [6.07, 6.45) is 2.43. The lowest BCUT2D eigenvalue weighted by Gasteiger charge is -2.18. The third kappa shape index (κ3) is 9.34. The summed E-state index contributed by atoms with van der Waals surface area (Å²) in [6.45, 7) is 7.73. The fourth-order valence-corrected chi connectivity index (χ4v) is 0.882. The Hall–Kier alpha value is -0.570. The van der Waals surface area contributed by atoms with Gasteiger partial charge >= 0.3 is 0 Å². The van der Waals surface area contributed by atoms with Gasteiger partial charge in [-0.05, 0) is 24.8 Å². The molecule has 0 rings (SSSR count). The molecule has 0 bridgehead atoms. The van der Waals surface area contributed by atoms with Crippen molar-refractivity contribution in [3.05, 3.63) is 0 Å². The van der Waals surface area contributed by atoms with Crippen molar-refractivity contribution in [2.75, 3.05) is 13.1 Å². The van der Waals surface area contributed by atoms with Crippen molar-refractivity contribution >= 4 is 5.91 Å². The van der Waals surface area contributed by atoms with Gasteiger partial charge in [-0.25, -0.2) is 0 Å². The Bertz CT molecular complexity index is 149. The predicted octanol–water partition coefficient (Wildman–Crippen LogP) is 1.28. The summed E-state index contributed by atoms with van der Waals surface area (Å²) < 4.78 is 0. The maximum atomic E-state index is 11.2. The second kappa shape index (κ2) is 5.97. The number of nitrogens with one attached hydrogen (secondary N) is 1. The van der Waals surface area contributed by atoms with Crippen molar-refractivity contribution < 1.29 is 4.79 Å². The topological polar surface area (TPSA) is 55.1 Å². The molecule has 0 aromatic heterocycles. The van der Waals surface area contributed by atoms with E-state index in [2.05, 4.69) is 26.1 Å². The molecule has 0 atom stereocenters. The van der Waals surface area contributed by atoms with E-state index in [1.165, 1.54) is 0 Å². The third-order valence-corrected chi connectivity index (χ3v) is 1.67. The van der Waals surface area contributed by atoms with Crippen LogP contribution in [0.2, 0.25) is 0 Å². The molecule has 78 valence electrons. The number of unbranched alkanes of at least 4 members (excludes halogenated alkanes) is 1. The van der Waals surface area contributed by atoms with E-state index in [1.807, 2.05) is 0 Å². The molecule has 0 spiro atoms. The first kappa shape index (κ1) is 12.4. The van der Waals surface area contributed by atoms with E-state index < -0.39 is 0 Å². The van der Waals surface area contributed by atoms with Gasteiger partial charge in [-0.15, -0.1) is 0 Å². The number of nitrogens with two attached hydrogens (primary N) is 1. The summed E-state index contributed by atoms with van der Waals surface area (Å²) >= 11 is 0. The van der Waals surface area contributed by atoms with Crippen LogP contribution in [0.5, 0.6) is 0 Å². The molecule has 0 saturated carbocycles. The second-order valence-corrected chi connectivity index (χ2v) is 4.58. The van der Waals surface area contributed by atoms with Gasteiger partial charge in [0, 0.05) is 13.0 Å². The van der Waals surface area contributed by atoms with Crippen LogP contribution in [-0.2, 0) is 4.79 Å². The zero-order valence-electron chi connectivity index (χ0n) is 9.02. The highest BCUT2D eigenvalue weighted by molar-refractivity contribution is 5.75. The Morgan fingerprint density at radius 2 is 1.92 bits per heavy atom. The van der Waals surface area contributed by atoms with Crippen molar-refractivity contribution in [2.24, 2.45) is 11.1 Å². The van der Waals surface area contributed by atoms with Gasteiger partial charge in [-0.2, -0.15) is 0 Å². The van der Waals surface area contributed by atoms with Gasteiger partial charge < -0.3 is 11.1 Å². The summed E-state index contributed by atoms with van der Waals surface area (Å²) in [7, 11) is 0. The standard InChI is InChI=1S/C10H22N2O/c1-10(2,3)8-12-9(13)6-4-5-7-11/h4-8,11H2,1-3H3,(H,12,13). The molecule has 3 N–H and O–H groups in total. The summed E-state index contributed by atoms with van der Waals surface area (Å²) in [5.74, 6) is 0.142. The molecule has 13 heavy (non-hydrogen) atoms. The summed E-state index contributed by atoms with van der Waals surface area (Å²) in [6, 6.07) is 0. The van der Waals surface area contributed by atoms with Crippen LogP contribution in [0, 0.1) is 5.41 Å². The Balaban J connectivity index is 3.41. The molecule has 3 heteroatoms. The molecule has 3 nitrogen and oxygen atoms in total. The zero-order chi connectivity index (χ0) is 10.3. The number of carbonyl (C=O) groups is 1. The van der Waals surface area contributed by atoms with Crippen LogP contribution in [0.4, 0.5) is 0 Å². The Kier molecular flexibility index (Phi) is 5.71. The van der Waals surface area contributed by atoms with E-state index in [4.69, 9.17) is 5.73 Å². The highest BCUT2D eigenvalue weighted by Crippen LogP contribution is 2.10. The van der Waals surface area contributed by atoms with Gasteiger partial charge in [0.1, 0.15) is 0 Å². The molecule has 1 amide bonds. The smallest absolute Gasteiger partial charge is 0.220 e. The Morgan fingerprint density at radius 3 is 2.38 bits per heavy atom. The van der Waals surface area contributed by atoms with Crippen molar-refractivity contribution in [2.45, 2.75) is 40.0 Å². The molecule has 0 aromatic carbocycles. The quantitative estimate of drug-likeness (QED) is 0.635. The van der Waals surface area contributed by atoms with Gasteiger partial charge in [0.05, 0.1) is 0 Å². The van der Waals surface area contributed by atoms with Crippen molar-refractivity contribution in [3.8, 4) is 0 Å². The van der Waals surface area contributed by atoms with E-state index >= 15 is 0 Å². The van der Waals surface area contributed by atoms with Crippen molar-refractivity contribution in [1.82, 2.24) is 5.32 Å². The van der Waals surface area contributed by atoms with Gasteiger partial charge in [0.25, 0.3) is 0 Å². The van der Waals surface area contributed by atoms with E-state index in [1.54, 1.807) is 0 Å². The van der Waals surface area contributed by atoms with E-state index in [-0.39, 0.29) is 11.3 Å². The lowest BCUT2D eigenvalue weighted by Crippen LogP contribution is -2.32. The Morgan fingerprint density at radius 1 is 1.31 bits per heavy atom. The largest absolute Gasteiger partial charge is 0.356 e.